The molecular formula is C13H9BrFN3. The van der Waals surface area contributed by atoms with Crippen molar-refractivity contribution in [2.75, 3.05) is 0 Å². The van der Waals surface area contributed by atoms with Crippen molar-refractivity contribution < 1.29 is 4.39 Å². The number of rotatable bonds is 2. The number of fused-ring (bicyclic) bond motifs is 1. The first-order valence-electron chi connectivity index (χ1n) is 5.45. The smallest absolute Gasteiger partial charge is 0.158 e. The molecule has 0 saturated heterocycles. The Balaban J connectivity index is 2.06. The van der Waals surface area contributed by atoms with E-state index in [2.05, 4.69) is 25.9 Å². The Labute approximate surface area is 111 Å². The normalized spacial score (nSPS) is 11.0. The lowest BCUT2D eigenvalue weighted by Crippen LogP contribution is -1.99. The van der Waals surface area contributed by atoms with Crippen molar-refractivity contribution >= 4 is 21.6 Å². The van der Waals surface area contributed by atoms with E-state index in [1.165, 1.54) is 12.1 Å². The van der Waals surface area contributed by atoms with E-state index in [0.717, 1.165) is 21.5 Å². The highest BCUT2D eigenvalue weighted by molar-refractivity contribution is 9.10. The fourth-order valence-corrected chi connectivity index (χ4v) is 2.36. The highest BCUT2D eigenvalue weighted by Gasteiger charge is 2.07. The molecule has 3 nitrogen and oxygen atoms in total. The van der Waals surface area contributed by atoms with Crippen LogP contribution in [0.2, 0.25) is 0 Å². The van der Waals surface area contributed by atoms with Gasteiger partial charge in [-0.2, -0.15) is 0 Å². The molecule has 0 N–H and O–H groups in total. The van der Waals surface area contributed by atoms with Crippen molar-refractivity contribution in [1.29, 1.82) is 0 Å². The molecule has 3 aromatic rings. The summed E-state index contributed by atoms with van der Waals surface area (Å²) in [5.41, 5.74) is 2.49. The Morgan fingerprint density at radius 2 is 2.22 bits per heavy atom. The molecule has 1 aromatic carbocycles. The predicted molar refractivity (Wildman–Crippen MR) is 69.9 cm³/mol. The van der Waals surface area contributed by atoms with Crippen LogP contribution in [-0.4, -0.2) is 14.4 Å². The van der Waals surface area contributed by atoms with E-state index in [-0.39, 0.29) is 5.82 Å². The summed E-state index contributed by atoms with van der Waals surface area (Å²) in [5, 5.41) is 0. The van der Waals surface area contributed by atoms with Gasteiger partial charge in [0.1, 0.15) is 10.4 Å². The second-order valence-corrected chi connectivity index (χ2v) is 4.79. The predicted octanol–water partition coefficient (Wildman–Crippen LogP) is 3.22. The average molecular weight is 306 g/mol. The maximum Gasteiger partial charge on any atom is 0.158 e. The van der Waals surface area contributed by atoms with Crippen molar-refractivity contribution in [2.24, 2.45) is 0 Å². The molecule has 0 aliphatic rings. The van der Waals surface area contributed by atoms with Crippen LogP contribution in [0.3, 0.4) is 0 Å². The van der Waals surface area contributed by atoms with Crippen LogP contribution in [0.25, 0.3) is 5.65 Å². The molecule has 18 heavy (non-hydrogen) atoms. The Hall–Kier alpha value is -1.75. The quantitative estimate of drug-likeness (QED) is 0.727. The lowest BCUT2D eigenvalue weighted by molar-refractivity contribution is 0.626. The summed E-state index contributed by atoms with van der Waals surface area (Å²) in [4.78, 5) is 8.67. The second kappa shape index (κ2) is 4.49. The number of hydrogen-bond acceptors (Lipinski definition) is 2. The third kappa shape index (κ3) is 2.13. The standard InChI is InChI=1S/C13H9BrFN3/c14-12-8-18-5-4-16-13(18)11(17-12)7-9-2-1-3-10(15)6-9/h1-6,8H,7H2. The van der Waals surface area contributed by atoms with Gasteiger partial charge in [0.15, 0.2) is 5.65 Å². The summed E-state index contributed by atoms with van der Waals surface area (Å²) >= 11 is 3.36. The molecule has 0 saturated carbocycles. The maximum atomic E-state index is 13.2. The molecule has 90 valence electrons. The molecule has 0 radical (unpaired) electrons. The molecule has 0 aliphatic carbocycles. The van der Waals surface area contributed by atoms with Crippen molar-refractivity contribution in [2.45, 2.75) is 6.42 Å². The van der Waals surface area contributed by atoms with Gasteiger partial charge in [-0.25, -0.2) is 14.4 Å². The van der Waals surface area contributed by atoms with Crippen LogP contribution in [0, 0.1) is 5.82 Å². The van der Waals surface area contributed by atoms with Gasteiger partial charge in [-0.3, -0.25) is 0 Å². The van der Waals surface area contributed by atoms with E-state index in [0.29, 0.717) is 6.42 Å². The minimum Gasteiger partial charge on any atom is -0.303 e. The molecular weight excluding hydrogens is 297 g/mol. The van der Waals surface area contributed by atoms with Crippen molar-refractivity contribution in [3.8, 4) is 0 Å². The average Bonchev–Trinajstić information content (AvgIpc) is 2.77. The van der Waals surface area contributed by atoms with Gasteiger partial charge in [-0.15, -0.1) is 0 Å². The first-order chi connectivity index (χ1) is 8.72. The highest BCUT2D eigenvalue weighted by Crippen LogP contribution is 2.16. The molecule has 0 spiro atoms. The number of nitrogens with zero attached hydrogens (tertiary/aromatic N) is 3. The third-order valence-corrected chi connectivity index (χ3v) is 3.06. The van der Waals surface area contributed by atoms with Crippen LogP contribution in [0.4, 0.5) is 4.39 Å². The number of imidazole rings is 1. The minimum absolute atomic E-state index is 0.234. The van der Waals surface area contributed by atoms with Gasteiger partial charge in [0.2, 0.25) is 0 Å². The van der Waals surface area contributed by atoms with Crippen LogP contribution in [0.1, 0.15) is 11.3 Å². The van der Waals surface area contributed by atoms with E-state index in [1.54, 1.807) is 12.3 Å². The lowest BCUT2D eigenvalue weighted by atomic mass is 10.1. The molecule has 0 aliphatic heterocycles. The number of aromatic nitrogens is 3. The molecule has 3 rings (SSSR count). The Morgan fingerprint density at radius 1 is 1.33 bits per heavy atom. The fraction of sp³-hybridized carbons (Fsp3) is 0.0769. The summed E-state index contributed by atoms with van der Waals surface area (Å²) in [6, 6.07) is 6.53. The van der Waals surface area contributed by atoms with Crippen LogP contribution in [0.5, 0.6) is 0 Å². The van der Waals surface area contributed by atoms with Gasteiger partial charge in [0.25, 0.3) is 0 Å². The SMILES string of the molecule is Fc1cccc(Cc2nc(Br)cn3ccnc23)c1. The van der Waals surface area contributed by atoms with E-state index in [9.17, 15) is 4.39 Å². The zero-order valence-electron chi connectivity index (χ0n) is 9.35. The summed E-state index contributed by atoms with van der Waals surface area (Å²) < 4.78 is 15.8. The van der Waals surface area contributed by atoms with Crippen LogP contribution < -0.4 is 0 Å². The molecule has 0 bridgehead atoms. The van der Waals surface area contributed by atoms with E-state index >= 15 is 0 Å². The van der Waals surface area contributed by atoms with Crippen molar-refractivity contribution in [3.63, 3.8) is 0 Å². The zero-order chi connectivity index (χ0) is 12.5. The van der Waals surface area contributed by atoms with Gasteiger partial charge in [-0.05, 0) is 33.6 Å². The van der Waals surface area contributed by atoms with Gasteiger partial charge < -0.3 is 4.40 Å². The van der Waals surface area contributed by atoms with Gasteiger partial charge >= 0.3 is 0 Å². The first-order valence-corrected chi connectivity index (χ1v) is 6.24. The van der Waals surface area contributed by atoms with E-state index in [4.69, 9.17) is 0 Å². The number of hydrogen-bond donors (Lipinski definition) is 0. The molecule has 5 heteroatoms. The number of benzene rings is 1. The molecule has 0 amide bonds. The second-order valence-electron chi connectivity index (χ2n) is 3.98. The molecule has 2 aromatic heterocycles. The van der Waals surface area contributed by atoms with Crippen LogP contribution >= 0.6 is 15.9 Å². The Bertz CT molecular complexity index is 708. The fourth-order valence-electron chi connectivity index (χ4n) is 1.92. The third-order valence-electron chi connectivity index (χ3n) is 2.67. The first kappa shape index (κ1) is 11.3. The molecule has 0 atom stereocenters. The molecule has 0 unspecified atom stereocenters. The van der Waals surface area contributed by atoms with Gasteiger partial charge in [0.05, 0.1) is 5.69 Å². The monoisotopic (exact) mass is 305 g/mol. The lowest BCUT2D eigenvalue weighted by Gasteiger charge is -2.04. The van der Waals surface area contributed by atoms with Crippen molar-refractivity contribution in [1.82, 2.24) is 14.4 Å². The molecule has 0 fully saturated rings. The Morgan fingerprint density at radius 3 is 3.06 bits per heavy atom. The van der Waals surface area contributed by atoms with E-state index in [1.807, 2.05) is 22.9 Å². The van der Waals surface area contributed by atoms with E-state index < -0.39 is 0 Å². The van der Waals surface area contributed by atoms with Crippen molar-refractivity contribution in [3.05, 3.63) is 64.5 Å². The van der Waals surface area contributed by atoms with Gasteiger partial charge in [-0.1, -0.05) is 12.1 Å². The Kier molecular flexibility index (Phi) is 2.83. The topological polar surface area (TPSA) is 30.2 Å². The highest BCUT2D eigenvalue weighted by atomic mass is 79.9. The van der Waals surface area contributed by atoms with Gasteiger partial charge in [0, 0.05) is 25.0 Å². The minimum atomic E-state index is -0.234. The largest absolute Gasteiger partial charge is 0.303 e. The molecule has 2 heterocycles. The summed E-state index contributed by atoms with van der Waals surface area (Å²) in [6.45, 7) is 0. The zero-order valence-corrected chi connectivity index (χ0v) is 10.9. The summed E-state index contributed by atoms with van der Waals surface area (Å²) in [6.07, 6.45) is 5.98. The van der Waals surface area contributed by atoms with Crippen LogP contribution in [-0.2, 0) is 6.42 Å². The maximum absolute atomic E-state index is 13.2. The van der Waals surface area contributed by atoms with Crippen LogP contribution in [0.15, 0.2) is 47.5 Å². The summed E-state index contributed by atoms with van der Waals surface area (Å²) in [5.74, 6) is -0.234. The summed E-state index contributed by atoms with van der Waals surface area (Å²) in [7, 11) is 0. The number of halogens is 2.